The molecule has 180 valence electrons. The molecule has 0 N–H and O–H groups in total. The third-order valence-electron chi connectivity index (χ3n) is 6.02. The number of nitriles is 1. The quantitative estimate of drug-likeness (QED) is 0.224. The Bertz CT molecular complexity index is 1590. The van der Waals surface area contributed by atoms with Crippen LogP contribution in [0.25, 0.3) is 4.85 Å². The lowest BCUT2D eigenvalue weighted by Gasteiger charge is -2.34. The topological polar surface area (TPSA) is 59.1 Å². The summed E-state index contributed by atoms with van der Waals surface area (Å²) in [5.74, 6) is 3.68. The largest absolute Gasteiger partial charge is 0.455 e. The molecule has 1 aliphatic rings. The zero-order chi connectivity index (χ0) is 25.9. The summed E-state index contributed by atoms with van der Waals surface area (Å²) in [6.45, 7) is 7.23. The first-order valence-electron chi connectivity index (χ1n) is 11.9. The van der Waals surface area contributed by atoms with Crippen LogP contribution >= 0.6 is 0 Å². The van der Waals surface area contributed by atoms with Crippen LogP contribution in [0.4, 0.5) is 22.7 Å². The standard InChI is InChI=1S/C32H19N3O3/c1-34-23-15-19-25(20-16-23)37-31-12-6-11-30(36-24-17-13-22(21-33)14-18-24)32(31)35-26-7-2-4-9-28(26)38-29-10-5-3-8-27(29)35/h2-20H. The number of ether oxygens (including phenoxy) is 3. The van der Waals surface area contributed by atoms with Gasteiger partial charge >= 0.3 is 0 Å². The number of hydrogen-bond acceptors (Lipinski definition) is 5. The number of para-hydroxylation sites is 5. The molecule has 0 amide bonds. The fraction of sp³-hybridized carbons (Fsp3) is 0. The second-order valence-corrected chi connectivity index (χ2v) is 8.42. The van der Waals surface area contributed by atoms with E-state index in [2.05, 4.69) is 15.8 Å². The van der Waals surface area contributed by atoms with Gasteiger partial charge in [-0.15, -0.1) is 0 Å². The highest BCUT2D eigenvalue weighted by Gasteiger charge is 2.30. The summed E-state index contributed by atoms with van der Waals surface area (Å²) in [6.07, 6.45) is 0. The summed E-state index contributed by atoms with van der Waals surface area (Å²) in [4.78, 5) is 5.53. The third kappa shape index (κ3) is 4.24. The maximum Gasteiger partial charge on any atom is 0.187 e. The minimum atomic E-state index is 0.534. The van der Waals surface area contributed by atoms with Gasteiger partial charge in [-0.3, -0.25) is 4.90 Å². The van der Waals surface area contributed by atoms with Crippen LogP contribution in [0.15, 0.2) is 115 Å². The van der Waals surface area contributed by atoms with Gasteiger partial charge in [-0.2, -0.15) is 5.26 Å². The lowest BCUT2D eigenvalue weighted by Crippen LogP contribution is -2.17. The van der Waals surface area contributed by atoms with Gasteiger partial charge in [-0.25, -0.2) is 4.85 Å². The van der Waals surface area contributed by atoms with Gasteiger partial charge < -0.3 is 14.2 Å². The molecule has 0 fully saturated rings. The van der Waals surface area contributed by atoms with E-state index in [1.807, 2.05) is 66.7 Å². The summed E-state index contributed by atoms with van der Waals surface area (Å²) in [5, 5.41) is 9.19. The number of anilines is 3. The van der Waals surface area contributed by atoms with Crippen molar-refractivity contribution in [3.8, 4) is 40.6 Å². The molecule has 0 saturated heterocycles. The Labute approximate surface area is 219 Å². The minimum absolute atomic E-state index is 0.534. The zero-order valence-corrected chi connectivity index (χ0v) is 20.0. The Morgan fingerprint density at radius 1 is 0.658 bits per heavy atom. The van der Waals surface area contributed by atoms with E-state index < -0.39 is 0 Å². The molecular formula is C32H19N3O3. The SMILES string of the molecule is [C-]#[N+]c1ccc(Oc2cccc(Oc3ccc(C#N)cc3)c2N2c3ccccc3Oc3ccccc32)cc1. The predicted molar refractivity (Wildman–Crippen MR) is 145 cm³/mol. The third-order valence-corrected chi connectivity index (χ3v) is 6.02. The van der Waals surface area contributed by atoms with Gasteiger partial charge in [-0.05, 0) is 72.8 Å². The molecule has 6 nitrogen and oxygen atoms in total. The van der Waals surface area contributed by atoms with Gasteiger partial charge in [0.2, 0.25) is 0 Å². The molecule has 0 unspecified atom stereocenters. The number of fused-ring (bicyclic) bond motifs is 2. The second-order valence-electron chi connectivity index (χ2n) is 8.42. The maximum atomic E-state index is 9.19. The fourth-order valence-electron chi connectivity index (χ4n) is 4.27. The summed E-state index contributed by atoms with van der Waals surface area (Å²) in [5.41, 5.74) is 3.42. The molecule has 38 heavy (non-hydrogen) atoms. The number of rotatable bonds is 5. The number of benzene rings is 5. The zero-order valence-electron chi connectivity index (χ0n) is 20.0. The van der Waals surface area contributed by atoms with Crippen LogP contribution in [0, 0.1) is 17.9 Å². The van der Waals surface area contributed by atoms with Crippen molar-refractivity contribution in [2.24, 2.45) is 0 Å². The van der Waals surface area contributed by atoms with Crippen LogP contribution in [-0.4, -0.2) is 0 Å². The van der Waals surface area contributed by atoms with Crippen LogP contribution in [0.2, 0.25) is 0 Å². The predicted octanol–water partition coefficient (Wildman–Crippen LogP) is 9.27. The van der Waals surface area contributed by atoms with E-state index >= 15 is 0 Å². The van der Waals surface area contributed by atoms with E-state index in [4.69, 9.17) is 20.8 Å². The van der Waals surface area contributed by atoms with Crippen molar-refractivity contribution in [3.63, 3.8) is 0 Å². The first-order chi connectivity index (χ1) is 18.7. The Balaban J connectivity index is 1.53. The smallest absolute Gasteiger partial charge is 0.187 e. The molecule has 0 aliphatic carbocycles. The van der Waals surface area contributed by atoms with Crippen molar-refractivity contribution in [1.82, 2.24) is 0 Å². The molecule has 0 atom stereocenters. The van der Waals surface area contributed by atoms with E-state index in [1.165, 1.54) is 0 Å². The van der Waals surface area contributed by atoms with E-state index in [0.717, 1.165) is 11.4 Å². The molecule has 6 heteroatoms. The molecule has 0 spiro atoms. The molecular weight excluding hydrogens is 474 g/mol. The Morgan fingerprint density at radius 3 is 1.71 bits per heavy atom. The van der Waals surface area contributed by atoms with Gasteiger partial charge in [0.05, 0.1) is 29.6 Å². The normalized spacial score (nSPS) is 11.3. The molecule has 0 aromatic heterocycles. The highest BCUT2D eigenvalue weighted by Crippen LogP contribution is 2.55. The highest BCUT2D eigenvalue weighted by molar-refractivity contribution is 5.91. The average Bonchev–Trinajstić information content (AvgIpc) is 2.97. The molecule has 1 aliphatic heterocycles. The van der Waals surface area contributed by atoms with Gasteiger partial charge in [0.1, 0.15) is 17.2 Å². The van der Waals surface area contributed by atoms with Crippen LogP contribution in [0.5, 0.6) is 34.5 Å². The van der Waals surface area contributed by atoms with Gasteiger partial charge in [0.15, 0.2) is 28.7 Å². The molecule has 0 saturated carbocycles. The molecule has 5 aromatic rings. The fourth-order valence-corrected chi connectivity index (χ4v) is 4.27. The summed E-state index contributed by atoms with van der Waals surface area (Å²) < 4.78 is 19.0. The van der Waals surface area contributed by atoms with Gasteiger partial charge in [0, 0.05) is 0 Å². The Hall–Kier alpha value is -5.72. The molecule has 6 rings (SSSR count). The van der Waals surface area contributed by atoms with Crippen LogP contribution < -0.4 is 19.1 Å². The average molecular weight is 494 g/mol. The lowest BCUT2D eigenvalue weighted by atomic mass is 10.1. The van der Waals surface area contributed by atoms with Crippen LogP contribution in [0.3, 0.4) is 0 Å². The maximum absolute atomic E-state index is 9.19. The van der Waals surface area contributed by atoms with Gasteiger partial charge in [0.25, 0.3) is 0 Å². The first-order valence-corrected chi connectivity index (χ1v) is 11.9. The van der Waals surface area contributed by atoms with E-state index in [9.17, 15) is 5.26 Å². The lowest BCUT2D eigenvalue weighted by molar-refractivity contribution is 0.457. The summed E-state index contributed by atoms with van der Waals surface area (Å²) >= 11 is 0. The first kappa shape index (κ1) is 22.7. The van der Waals surface area contributed by atoms with Crippen molar-refractivity contribution in [2.75, 3.05) is 4.90 Å². The van der Waals surface area contributed by atoms with Crippen molar-refractivity contribution < 1.29 is 14.2 Å². The summed E-state index contributed by atoms with van der Waals surface area (Å²) in [7, 11) is 0. The van der Waals surface area contributed by atoms with Crippen molar-refractivity contribution in [3.05, 3.63) is 132 Å². The monoisotopic (exact) mass is 493 g/mol. The van der Waals surface area contributed by atoms with Crippen molar-refractivity contribution in [1.29, 1.82) is 5.26 Å². The van der Waals surface area contributed by atoms with E-state index in [0.29, 0.717) is 51.4 Å². The second kappa shape index (κ2) is 9.73. The Morgan fingerprint density at radius 2 is 1.18 bits per heavy atom. The molecule has 5 aromatic carbocycles. The van der Waals surface area contributed by atoms with Crippen molar-refractivity contribution in [2.45, 2.75) is 0 Å². The number of hydrogen-bond donors (Lipinski definition) is 0. The Kier molecular flexibility index (Phi) is 5.82. The molecule has 0 radical (unpaired) electrons. The van der Waals surface area contributed by atoms with E-state index in [1.54, 1.807) is 48.5 Å². The van der Waals surface area contributed by atoms with Crippen molar-refractivity contribution >= 4 is 22.7 Å². The van der Waals surface area contributed by atoms with Gasteiger partial charge in [-0.1, -0.05) is 42.5 Å². The van der Waals surface area contributed by atoms with E-state index in [-0.39, 0.29) is 0 Å². The highest BCUT2D eigenvalue weighted by atomic mass is 16.5. The molecule has 1 heterocycles. The number of nitrogens with zero attached hydrogens (tertiary/aromatic N) is 3. The van der Waals surface area contributed by atoms with Crippen LogP contribution in [-0.2, 0) is 0 Å². The molecule has 0 bridgehead atoms. The van der Waals surface area contributed by atoms with Crippen LogP contribution in [0.1, 0.15) is 5.56 Å². The minimum Gasteiger partial charge on any atom is -0.455 e. The summed E-state index contributed by atoms with van der Waals surface area (Å²) in [6, 6.07) is 37.3.